The Morgan fingerprint density at radius 3 is 2.44 bits per heavy atom. The summed E-state index contributed by atoms with van der Waals surface area (Å²) in [7, 11) is 0. The van der Waals surface area contributed by atoms with E-state index in [-0.39, 0.29) is 22.6 Å². The normalized spacial score (nSPS) is 16.1. The zero-order valence-corrected chi connectivity index (χ0v) is 19.0. The van der Waals surface area contributed by atoms with Gasteiger partial charge in [0, 0.05) is 26.2 Å². The van der Waals surface area contributed by atoms with Crippen LogP contribution in [-0.4, -0.2) is 47.3 Å². The number of hydrogen-bond donors (Lipinski definition) is 2. The van der Waals surface area contributed by atoms with E-state index in [0.29, 0.717) is 10.8 Å². The molecule has 0 saturated carbocycles. The number of hydrogen-bond acceptors (Lipinski definition) is 7. The summed E-state index contributed by atoms with van der Waals surface area (Å²) in [6, 6.07) is 7.80. The van der Waals surface area contributed by atoms with Crippen LogP contribution in [0.5, 0.6) is 17.4 Å². The zero-order valence-electron chi connectivity index (χ0n) is 17.5. The topological polar surface area (TPSA) is 116 Å². The summed E-state index contributed by atoms with van der Waals surface area (Å²) in [6.45, 7) is 2.52. The molecule has 3 rings (SSSR count). The number of benzene rings is 1. The Morgan fingerprint density at radius 1 is 1.16 bits per heavy atom. The molecule has 1 aromatic heterocycles. The minimum Gasteiger partial charge on any atom is -0.453 e. The van der Waals surface area contributed by atoms with Crippen molar-refractivity contribution in [3.8, 4) is 17.4 Å². The van der Waals surface area contributed by atoms with Gasteiger partial charge in [0.25, 0.3) is 17.6 Å². The molecule has 1 fully saturated rings. The number of pyridine rings is 1. The molecule has 1 atom stereocenters. The average molecular weight is 483 g/mol. The van der Waals surface area contributed by atoms with E-state index in [2.05, 4.69) is 10.4 Å². The molecular weight excluding hydrogens is 459 g/mol. The fourth-order valence-corrected chi connectivity index (χ4v) is 3.38. The maximum atomic E-state index is 12.2. The molecule has 2 amide bonds. The SMILES string of the molecule is CC(OCC(=O)NN1CCCCC1)(Oc1ccc(Oc2ncc(Cl)cc2Cl)cc1)C(N)=O. The van der Waals surface area contributed by atoms with E-state index in [9.17, 15) is 9.59 Å². The van der Waals surface area contributed by atoms with E-state index in [0.717, 1.165) is 32.4 Å². The number of hydrazine groups is 1. The van der Waals surface area contributed by atoms with Crippen LogP contribution < -0.4 is 20.6 Å². The molecule has 1 unspecified atom stereocenters. The maximum absolute atomic E-state index is 12.2. The van der Waals surface area contributed by atoms with E-state index >= 15 is 0 Å². The second-order valence-corrected chi connectivity index (χ2v) is 8.14. The van der Waals surface area contributed by atoms with Gasteiger partial charge in [0.05, 0.1) is 5.02 Å². The van der Waals surface area contributed by atoms with Crippen molar-refractivity contribution < 1.29 is 23.8 Å². The van der Waals surface area contributed by atoms with Gasteiger partial charge < -0.3 is 19.9 Å². The second-order valence-electron chi connectivity index (χ2n) is 7.30. The number of aromatic nitrogens is 1. The molecule has 0 bridgehead atoms. The van der Waals surface area contributed by atoms with Crippen LogP contribution in [0.25, 0.3) is 0 Å². The van der Waals surface area contributed by atoms with E-state index < -0.39 is 18.3 Å². The van der Waals surface area contributed by atoms with Crippen molar-refractivity contribution in [1.82, 2.24) is 15.4 Å². The molecule has 1 aliphatic rings. The monoisotopic (exact) mass is 482 g/mol. The Morgan fingerprint density at radius 2 is 1.81 bits per heavy atom. The van der Waals surface area contributed by atoms with E-state index in [4.69, 9.17) is 43.1 Å². The van der Waals surface area contributed by atoms with Crippen LogP contribution in [0, 0.1) is 0 Å². The smallest absolute Gasteiger partial charge is 0.290 e. The van der Waals surface area contributed by atoms with Crippen molar-refractivity contribution in [2.75, 3.05) is 19.7 Å². The summed E-state index contributed by atoms with van der Waals surface area (Å²) in [5, 5.41) is 2.48. The highest BCUT2D eigenvalue weighted by Gasteiger charge is 2.36. The van der Waals surface area contributed by atoms with Gasteiger partial charge in [-0.25, -0.2) is 9.99 Å². The van der Waals surface area contributed by atoms with Gasteiger partial charge in [-0.1, -0.05) is 29.6 Å². The predicted molar refractivity (Wildman–Crippen MR) is 119 cm³/mol. The lowest BCUT2D eigenvalue weighted by Gasteiger charge is -2.29. The highest BCUT2D eigenvalue weighted by molar-refractivity contribution is 6.35. The van der Waals surface area contributed by atoms with Crippen molar-refractivity contribution in [3.05, 3.63) is 46.6 Å². The van der Waals surface area contributed by atoms with Crippen LogP contribution in [0.2, 0.25) is 10.0 Å². The average Bonchev–Trinajstić information content (AvgIpc) is 2.76. The molecule has 2 aromatic rings. The Bertz CT molecular complexity index is 954. The fourth-order valence-electron chi connectivity index (χ4n) is 2.96. The number of amides is 2. The number of piperidine rings is 1. The van der Waals surface area contributed by atoms with Crippen molar-refractivity contribution in [3.63, 3.8) is 0 Å². The molecule has 9 nitrogen and oxygen atoms in total. The molecule has 11 heteroatoms. The zero-order chi connectivity index (χ0) is 23.1. The first kappa shape index (κ1) is 24.1. The molecule has 3 N–H and O–H groups in total. The number of nitrogens with one attached hydrogen (secondary N) is 1. The molecule has 1 saturated heterocycles. The van der Waals surface area contributed by atoms with E-state index in [1.807, 2.05) is 5.01 Å². The first-order valence-corrected chi connectivity index (χ1v) is 10.8. The summed E-state index contributed by atoms with van der Waals surface area (Å²) in [4.78, 5) is 28.2. The number of carbonyl (C=O) groups excluding carboxylic acids is 2. The Balaban J connectivity index is 1.58. The van der Waals surface area contributed by atoms with E-state index in [1.54, 1.807) is 24.3 Å². The van der Waals surface area contributed by atoms with Crippen molar-refractivity contribution in [2.45, 2.75) is 32.0 Å². The molecule has 1 aliphatic heterocycles. The largest absolute Gasteiger partial charge is 0.453 e. The first-order valence-electron chi connectivity index (χ1n) is 10.0. The number of rotatable bonds is 9. The third kappa shape index (κ3) is 6.70. The van der Waals surface area contributed by atoms with Crippen LogP contribution in [0.4, 0.5) is 0 Å². The molecule has 2 heterocycles. The summed E-state index contributed by atoms with van der Waals surface area (Å²) in [5.74, 6) is -2.21. The minimum atomic E-state index is -1.84. The maximum Gasteiger partial charge on any atom is 0.290 e. The van der Waals surface area contributed by atoms with Crippen LogP contribution in [0.1, 0.15) is 26.2 Å². The molecule has 32 heavy (non-hydrogen) atoms. The van der Waals surface area contributed by atoms with Gasteiger partial charge in [-0.2, -0.15) is 0 Å². The lowest BCUT2D eigenvalue weighted by Crippen LogP contribution is -2.52. The molecule has 0 spiro atoms. The van der Waals surface area contributed by atoms with Crippen LogP contribution in [-0.2, 0) is 14.3 Å². The molecule has 1 aromatic carbocycles. The summed E-state index contributed by atoms with van der Waals surface area (Å²) < 4.78 is 16.7. The number of ether oxygens (including phenoxy) is 3. The Labute approximate surface area is 195 Å². The summed E-state index contributed by atoms with van der Waals surface area (Å²) in [5.41, 5.74) is 8.21. The predicted octanol–water partition coefficient (Wildman–Crippen LogP) is 3.29. The van der Waals surface area contributed by atoms with Crippen LogP contribution >= 0.6 is 23.2 Å². The fraction of sp³-hybridized carbons (Fsp3) is 0.381. The first-order chi connectivity index (χ1) is 15.2. The third-order valence-corrected chi connectivity index (χ3v) is 5.17. The van der Waals surface area contributed by atoms with Crippen LogP contribution in [0.3, 0.4) is 0 Å². The van der Waals surface area contributed by atoms with Gasteiger partial charge >= 0.3 is 0 Å². The van der Waals surface area contributed by atoms with Crippen molar-refractivity contribution >= 4 is 35.0 Å². The Hall–Kier alpha value is -2.59. The summed E-state index contributed by atoms with van der Waals surface area (Å²) >= 11 is 11.9. The molecule has 0 aliphatic carbocycles. The summed E-state index contributed by atoms with van der Waals surface area (Å²) in [6.07, 6.45) is 4.59. The Kier molecular flexibility index (Phi) is 8.14. The highest BCUT2D eigenvalue weighted by atomic mass is 35.5. The van der Waals surface area contributed by atoms with Crippen LogP contribution in [0.15, 0.2) is 36.5 Å². The lowest BCUT2D eigenvalue weighted by atomic mass is 10.2. The van der Waals surface area contributed by atoms with Gasteiger partial charge in [0.2, 0.25) is 5.88 Å². The minimum absolute atomic E-state index is 0.190. The third-order valence-electron chi connectivity index (χ3n) is 4.69. The van der Waals surface area contributed by atoms with Gasteiger partial charge in [0.15, 0.2) is 0 Å². The van der Waals surface area contributed by atoms with Crippen molar-refractivity contribution in [2.24, 2.45) is 5.73 Å². The van der Waals surface area contributed by atoms with Gasteiger partial charge in [-0.15, -0.1) is 0 Å². The number of carbonyl (C=O) groups is 2. The number of nitrogens with zero attached hydrogens (tertiary/aromatic N) is 2. The number of primary amides is 1. The second kappa shape index (κ2) is 10.8. The standard InChI is InChI=1S/C21H24Cl2N4O5/c1-21(20(24)29,30-13-18(28)26-27-9-3-2-4-10-27)32-16-7-5-15(6-8-16)31-19-17(23)11-14(22)12-25-19/h5-8,11-12H,2-4,9-10,13H2,1H3,(H2,24,29)(H,26,28). The molecule has 172 valence electrons. The lowest BCUT2D eigenvalue weighted by molar-refractivity contribution is -0.188. The van der Waals surface area contributed by atoms with Gasteiger partial charge in [-0.05, 0) is 43.2 Å². The van der Waals surface area contributed by atoms with Crippen molar-refractivity contribution in [1.29, 1.82) is 0 Å². The number of halogens is 2. The molecular formula is C21H24Cl2N4O5. The van der Waals surface area contributed by atoms with Gasteiger partial charge in [-0.3, -0.25) is 15.0 Å². The van der Waals surface area contributed by atoms with Gasteiger partial charge in [0.1, 0.15) is 23.1 Å². The quantitative estimate of drug-likeness (QED) is 0.526. The highest BCUT2D eigenvalue weighted by Crippen LogP contribution is 2.30. The number of nitrogens with two attached hydrogens (primary N) is 1. The molecule has 0 radical (unpaired) electrons. The van der Waals surface area contributed by atoms with E-state index in [1.165, 1.54) is 19.2 Å².